The summed E-state index contributed by atoms with van der Waals surface area (Å²) in [5.74, 6) is 0.841. The molecule has 1 saturated heterocycles. The molecule has 3 aromatic rings. The fourth-order valence-electron chi connectivity index (χ4n) is 3.36. The van der Waals surface area contributed by atoms with Gasteiger partial charge in [0.1, 0.15) is 0 Å². The molecule has 0 radical (unpaired) electrons. The topological polar surface area (TPSA) is 55.4 Å². The van der Waals surface area contributed by atoms with Crippen LogP contribution in [0.25, 0.3) is 11.4 Å². The van der Waals surface area contributed by atoms with Crippen LogP contribution in [0, 0.1) is 11.7 Å². The number of hydrogen-bond acceptors (Lipinski definition) is 3. The second-order valence-electron chi connectivity index (χ2n) is 6.80. The molecule has 7 heteroatoms. The van der Waals surface area contributed by atoms with E-state index in [-0.39, 0.29) is 0 Å². The molecule has 1 fully saturated rings. The van der Waals surface area contributed by atoms with Crippen molar-refractivity contribution >= 4 is 17.9 Å². The van der Waals surface area contributed by atoms with Gasteiger partial charge in [-0.3, -0.25) is 5.10 Å². The zero-order valence-corrected chi connectivity index (χ0v) is 15.7. The molecule has 1 aliphatic heterocycles. The molecule has 4 rings (SSSR count). The quantitative estimate of drug-likeness (QED) is 0.678. The lowest BCUT2D eigenvalue weighted by molar-refractivity contribution is -0.924. The number of benzene rings is 1. The van der Waals surface area contributed by atoms with Crippen LogP contribution in [-0.4, -0.2) is 40.9 Å². The fraction of sp³-hybridized carbons (Fsp3) is 0.316. The molecule has 0 aliphatic carbocycles. The van der Waals surface area contributed by atoms with Gasteiger partial charge in [0.25, 0.3) is 0 Å². The Morgan fingerprint density at radius 1 is 1.12 bits per heavy atom. The molecule has 134 valence electrons. The van der Waals surface area contributed by atoms with Crippen LogP contribution in [0.15, 0.2) is 48.8 Å². The van der Waals surface area contributed by atoms with E-state index in [0.29, 0.717) is 4.77 Å². The van der Waals surface area contributed by atoms with E-state index in [4.69, 9.17) is 12.2 Å². The average molecular weight is 369 g/mol. The molecule has 0 amide bonds. The molecule has 0 atom stereocenters. The molecule has 3 heterocycles. The second-order valence-corrected chi connectivity index (χ2v) is 7.17. The third kappa shape index (κ3) is 3.68. The van der Waals surface area contributed by atoms with Crippen molar-refractivity contribution in [2.75, 3.05) is 31.1 Å². The van der Waals surface area contributed by atoms with Crippen molar-refractivity contribution < 1.29 is 9.88 Å². The van der Waals surface area contributed by atoms with Crippen molar-refractivity contribution in [2.24, 2.45) is 0 Å². The molecule has 0 saturated carbocycles. The summed E-state index contributed by atoms with van der Waals surface area (Å²) in [4.78, 5) is 11.6. The highest BCUT2D eigenvalue weighted by atomic mass is 32.1. The Balaban J connectivity index is 1.41. The van der Waals surface area contributed by atoms with Gasteiger partial charge in [-0.25, -0.2) is 9.67 Å². The van der Waals surface area contributed by atoms with E-state index >= 15 is 0 Å². The number of H-pyrrole nitrogens is 2. The van der Waals surface area contributed by atoms with Crippen LogP contribution in [0.3, 0.4) is 0 Å². The van der Waals surface area contributed by atoms with Crippen LogP contribution in [0.2, 0.25) is 0 Å². The number of aryl methyl sites for hydroxylation is 1. The van der Waals surface area contributed by atoms with Gasteiger partial charge in [-0.15, -0.1) is 0 Å². The lowest BCUT2D eigenvalue weighted by Crippen LogP contribution is -3.14. The van der Waals surface area contributed by atoms with Crippen LogP contribution < -0.4 is 14.8 Å². The number of anilines is 1. The number of nitrogens with zero attached hydrogens (tertiary/aromatic N) is 3. The van der Waals surface area contributed by atoms with Crippen molar-refractivity contribution in [3.8, 4) is 11.4 Å². The SMILES string of the molecule is Cc1ccc(-c2nc(=S)n(C[NH+]3CCN(c4cc[nH+]cc4)CC3)[nH]2)cc1. The Morgan fingerprint density at radius 2 is 1.81 bits per heavy atom. The summed E-state index contributed by atoms with van der Waals surface area (Å²) in [7, 11) is 0. The number of nitrogens with one attached hydrogen (secondary N) is 3. The first-order chi connectivity index (χ1) is 12.7. The van der Waals surface area contributed by atoms with Crippen molar-refractivity contribution in [1.29, 1.82) is 0 Å². The second kappa shape index (κ2) is 7.39. The van der Waals surface area contributed by atoms with Crippen molar-refractivity contribution in [3.05, 3.63) is 59.1 Å². The van der Waals surface area contributed by atoms with E-state index in [2.05, 4.69) is 63.3 Å². The first kappa shape index (κ1) is 16.9. The highest BCUT2D eigenvalue weighted by molar-refractivity contribution is 7.71. The smallest absolute Gasteiger partial charge is 0.221 e. The summed E-state index contributed by atoms with van der Waals surface area (Å²) in [5, 5.41) is 3.37. The van der Waals surface area contributed by atoms with E-state index < -0.39 is 0 Å². The normalized spacial score (nSPS) is 15.3. The highest BCUT2D eigenvalue weighted by Crippen LogP contribution is 2.15. The largest absolute Gasteiger partial charge is 0.360 e. The summed E-state index contributed by atoms with van der Waals surface area (Å²) < 4.78 is 2.61. The van der Waals surface area contributed by atoms with Crippen molar-refractivity contribution in [2.45, 2.75) is 13.6 Å². The summed E-state index contributed by atoms with van der Waals surface area (Å²) >= 11 is 5.46. The molecule has 26 heavy (non-hydrogen) atoms. The molecule has 2 aromatic heterocycles. The van der Waals surface area contributed by atoms with E-state index in [1.54, 1.807) is 0 Å². The average Bonchev–Trinajstić information content (AvgIpc) is 3.04. The molecule has 1 aromatic carbocycles. The van der Waals surface area contributed by atoms with Gasteiger partial charge in [-0.05, 0) is 19.1 Å². The molecule has 0 unspecified atom stereocenters. The third-order valence-electron chi connectivity index (χ3n) is 4.92. The van der Waals surface area contributed by atoms with Gasteiger partial charge in [-0.1, -0.05) is 29.8 Å². The fourth-order valence-corrected chi connectivity index (χ4v) is 3.56. The maximum absolute atomic E-state index is 5.46. The van der Waals surface area contributed by atoms with Crippen molar-refractivity contribution in [3.63, 3.8) is 0 Å². The van der Waals surface area contributed by atoms with Gasteiger partial charge in [0.05, 0.1) is 26.2 Å². The minimum absolute atomic E-state index is 0.620. The molecule has 1 aliphatic rings. The first-order valence-corrected chi connectivity index (χ1v) is 9.38. The minimum atomic E-state index is 0.620. The molecule has 0 bridgehead atoms. The number of rotatable bonds is 4. The van der Waals surface area contributed by atoms with Crippen molar-refractivity contribution in [1.82, 2.24) is 14.8 Å². The van der Waals surface area contributed by atoms with Gasteiger partial charge in [-0.2, -0.15) is 4.98 Å². The monoisotopic (exact) mass is 368 g/mol. The standard InChI is InChI=1S/C19H22N6S/c1-15-2-4-16(5-3-15)18-21-19(26)25(22-18)14-23-10-12-24(13-11-23)17-6-8-20-9-7-17/h2-9H,10-14H2,1H3,(H,21,22,26)/p+2. The van der Waals surface area contributed by atoms with E-state index in [9.17, 15) is 0 Å². The zero-order chi connectivity index (χ0) is 17.9. The lowest BCUT2D eigenvalue weighted by Gasteiger charge is -2.33. The number of aromatic nitrogens is 4. The summed E-state index contributed by atoms with van der Waals surface area (Å²) in [6.07, 6.45) is 3.95. The predicted molar refractivity (Wildman–Crippen MR) is 103 cm³/mol. The number of pyridine rings is 1. The van der Waals surface area contributed by atoms with E-state index in [1.165, 1.54) is 16.2 Å². The first-order valence-electron chi connectivity index (χ1n) is 8.97. The number of aromatic amines is 2. The summed E-state index contributed by atoms with van der Waals surface area (Å²) in [5.41, 5.74) is 3.59. The third-order valence-corrected chi connectivity index (χ3v) is 5.23. The number of quaternary nitrogens is 1. The van der Waals surface area contributed by atoms with E-state index in [1.807, 2.05) is 17.1 Å². The Hall–Kier alpha value is -2.51. The predicted octanol–water partition coefficient (Wildman–Crippen LogP) is 1.09. The molecular weight excluding hydrogens is 344 g/mol. The highest BCUT2D eigenvalue weighted by Gasteiger charge is 2.21. The van der Waals surface area contributed by atoms with Gasteiger partial charge < -0.3 is 9.80 Å². The molecule has 0 spiro atoms. The summed E-state index contributed by atoms with van der Waals surface area (Å²) in [6.45, 7) is 7.17. The zero-order valence-electron chi connectivity index (χ0n) is 14.9. The lowest BCUT2D eigenvalue weighted by atomic mass is 10.1. The maximum Gasteiger partial charge on any atom is 0.221 e. The van der Waals surface area contributed by atoms with Crippen LogP contribution in [0.1, 0.15) is 5.56 Å². The van der Waals surface area contributed by atoms with Crippen LogP contribution in [-0.2, 0) is 6.67 Å². The molecule has 3 N–H and O–H groups in total. The van der Waals surface area contributed by atoms with Gasteiger partial charge in [0.15, 0.2) is 24.9 Å². The van der Waals surface area contributed by atoms with Gasteiger partial charge >= 0.3 is 0 Å². The Kier molecular flexibility index (Phi) is 4.81. The summed E-state index contributed by atoms with van der Waals surface area (Å²) in [6, 6.07) is 12.6. The maximum atomic E-state index is 5.46. The van der Waals surface area contributed by atoms with Crippen LogP contribution >= 0.6 is 12.2 Å². The molecular formula is C19H24N6S+2. The Labute approximate surface area is 158 Å². The van der Waals surface area contributed by atoms with Gasteiger partial charge in [0.2, 0.25) is 4.77 Å². The van der Waals surface area contributed by atoms with E-state index in [0.717, 1.165) is 44.2 Å². The Morgan fingerprint density at radius 3 is 2.50 bits per heavy atom. The minimum Gasteiger partial charge on any atom is -0.360 e. The Bertz CT molecular complexity index is 907. The molecule has 6 nitrogen and oxygen atoms in total. The van der Waals surface area contributed by atoms with Crippen LogP contribution in [0.5, 0.6) is 0 Å². The number of hydrogen-bond donors (Lipinski definition) is 2. The number of piperazine rings is 1. The van der Waals surface area contributed by atoms with Gasteiger partial charge in [0, 0.05) is 23.4 Å². The van der Waals surface area contributed by atoms with Crippen LogP contribution in [0.4, 0.5) is 5.69 Å².